The standard InChI is InChI=1S/C14H12BrN3O2.C13H10BrN3O2.BBr3/c1-20-13-6-9(15)5-12-11(13)7-16-18(12)14-4-2-3-10(8-19)17-14;14-8-4-11-10(12(19)5-8)6-15-17(11)13-3-1-2-9(7-18)16-13;2-1(3)4/h2-7,19H,8H2,1H3;1-6,18-19H,7H2;. The third-order valence-electron chi connectivity index (χ3n) is 5.81. The number of methoxy groups -OCH3 is 1. The fourth-order valence-electron chi connectivity index (χ4n) is 4.02. The molecule has 0 spiro atoms. The zero-order valence-electron chi connectivity index (χ0n) is 22.2. The van der Waals surface area contributed by atoms with Crippen LogP contribution in [0.15, 0.2) is 82.0 Å². The van der Waals surface area contributed by atoms with Crippen LogP contribution in [0.1, 0.15) is 11.4 Å². The van der Waals surface area contributed by atoms with Crippen molar-refractivity contribution in [3.8, 4) is 23.1 Å². The highest BCUT2D eigenvalue weighted by atomic mass is 79.9. The Morgan fingerprint density at radius 1 is 0.744 bits per heavy atom. The number of nitrogens with zero attached hydrogens (tertiary/aromatic N) is 6. The molecule has 43 heavy (non-hydrogen) atoms. The van der Waals surface area contributed by atoms with Crippen LogP contribution in [0.3, 0.4) is 0 Å². The van der Waals surface area contributed by atoms with Gasteiger partial charge in [-0.2, -0.15) is 10.2 Å². The molecule has 6 rings (SSSR count). The molecule has 0 aliphatic carbocycles. The third-order valence-corrected chi connectivity index (χ3v) is 6.72. The van der Waals surface area contributed by atoms with E-state index in [1.807, 2.05) is 30.3 Å². The molecule has 222 valence electrons. The summed E-state index contributed by atoms with van der Waals surface area (Å²) in [4.78, 5) is 8.66. The largest absolute Gasteiger partial charge is 0.507 e. The summed E-state index contributed by atoms with van der Waals surface area (Å²) >= 11 is 16.1. The average molecular weight is 905 g/mol. The van der Waals surface area contributed by atoms with Gasteiger partial charge in [-0.3, -0.25) is 0 Å². The van der Waals surface area contributed by atoms with Gasteiger partial charge in [0.15, 0.2) is 11.6 Å². The van der Waals surface area contributed by atoms with Crippen molar-refractivity contribution < 1.29 is 20.1 Å². The van der Waals surface area contributed by atoms with Gasteiger partial charge in [0.05, 0.1) is 65.9 Å². The van der Waals surface area contributed by atoms with E-state index in [0.717, 1.165) is 31.1 Å². The number of hydrogen-bond donors (Lipinski definition) is 3. The molecule has 6 aromatic rings. The number of ether oxygens (including phenoxy) is 1. The number of phenols is 1. The first-order chi connectivity index (χ1) is 20.6. The Morgan fingerprint density at radius 2 is 1.21 bits per heavy atom. The van der Waals surface area contributed by atoms with E-state index in [0.29, 0.717) is 28.4 Å². The minimum atomic E-state index is -0.123. The molecule has 16 heteroatoms. The first kappa shape index (κ1) is 33.6. The van der Waals surface area contributed by atoms with Crippen LogP contribution < -0.4 is 4.74 Å². The number of halogens is 5. The molecule has 4 heterocycles. The van der Waals surface area contributed by atoms with Crippen LogP contribution in [0.4, 0.5) is 0 Å². The minimum absolute atomic E-state index is 0.0972. The summed E-state index contributed by atoms with van der Waals surface area (Å²) < 4.78 is 10.6. The van der Waals surface area contributed by atoms with Gasteiger partial charge in [-0.25, -0.2) is 19.3 Å². The van der Waals surface area contributed by atoms with E-state index in [1.165, 1.54) is 0 Å². The Balaban J connectivity index is 0.000000176. The molecule has 0 saturated heterocycles. The van der Waals surface area contributed by atoms with Crippen molar-refractivity contribution in [3.05, 3.63) is 93.4 Å². The number of aliphatic hydroxyl groups is 2. The maximum atomic E-state index is 9.87. The van der Waals surface area contributed by atoms with Crippen molar-refractivity contribution in [1.29, 1.82) is 0 Å². The highest BCUT2D eigenvalue weighted by Gasteiger charge is 2.12. The fraction of sp³-hybridized carbons (Fsp3) is 0.111. The summed E-state index contributed by atoms with van der Waals surface area (Å²) in [6.07, 6.45) is 3.33. The van der Waals surface area contributed by atoms with E-state index >= 15 is 0 Å². The number of fused-ring (bicyclic) bond motifs is 2. The number of aromatic hydroxyl groups is 1. The predicted octanol–water partition coefficient (Wildman–Crippen LogP) is 7.22. The highest BCUT2D eigenvalue weighted by molar-refractivity contribution is 9.69. The van der Waals surface area contributed by atoms with Crippen molar-refractivity contribution in [2.24, 2.45) is 0 Å². The molecule has 2 aromatic carbocycles. The van der Waals surface area contributed by atoms with E-state index in [1.54, 1.807) is 59.2 Å². The van der Waals surface area contributed by atoms with Crippen LogP contribution in [0.2, 0.25) is 0 Å². The number of pyridine rings is 2. The maximum absolute atomic E-state index is 9.87. The molecule has 0 amide bonds. The zero-order valence-corrected chi connectivity index (χ0v) is 30.2. The molecule has 0 atom stereocenters. The Labute approximate surface area is 288 Å². The molecular formula is C27H22BBr5N6O4. The zero-order chi connectivity index (χ0) is 31.1. The van der Waals surface area contributed by atoms with E-state index in [-0.39, 0.29) is 22.1 Å². The van der Waals surface area contributed by atoms with Crippen molar-refractivity contribution in [2.45, 2.75) is 13.2 Å². The topological polar surface area (TPSA) is 131 Å². The van der Waals surface area contributed by atoms with Crippen molar-refractivity contribution in [1.82, 2.24) is 29.5 Å². The number of hydrogen-bond acceptors (Lipinski definition) is 8. The molecule has 0 saturated carbocycles. The van der Waals surface area contributed by atoms with E-state index in [9.17, 15) is 10.2 Å². The number of aliphatic hydroxyl groups excluding tert-OH is 2. The number of benzene rings is 2. The molecule has 10 nitrogen and oxygen atoms in total. The summed E-state index contributed by atoms with van der Waals surface area (Å²) in [5.41, 5.74) is 2.81. The first-order valence-electron chi connectivity index (χ1n) is 12.3. The van der Waals surface area contributed by atoms with Crippen LogP contribution in [0.5, 0.6) is 11.5 Å². The molecule has 3 N–H and O–H groups in total. The summed E-state index contributed by atoms with van der Waals surface area (Å²) in [6.45, 7) is -0.220. The lowest BCUT2D eigenvalue weighted by molar-refractivity contribution is 0.276. The van der Waals surface area contributed by atoms with Crippen LogP contribution in [0.25, 0.3) is 33.4 Å². The normalized spacial score (nSPS) is 10.6. The maximum Gasteiger partial charge on any atom is 0.369 e. The summed E-state index contributed by atoms with van der Waals surface area (Å²) in [5.74, 6) is 2.17. The number of aromatic nitrogens is 6. The van der Waals surface area contributed by atoms with Crippen LogP contribution in [-0.4, -0.2) is 55.1 Å². The van der Waals surface area contributed by atoms with E-state index in [2.05, 4.69) is 99.3 Å². The molecule has 0 unspecified atom stereocenters. The quantitative estimate of drug-likeness (QED) is 0.155. The lowest BCUT2D eigenvalue weighted by Gasteiger charge is -2.06. The SMILES string of the molecule is BrB(Br)Br.COc1cc(Br)cc2c1cnn2-c1cccc(CO)n1.OCc1cccc(-n2ncc3c(O)cc(Br)cc32)n1. The number of rotatable bonds is 5. The van der Waals surface area contributed by atoms with Gasteiger partial charge >= 0.3 is 3.18 Å². The molecule has 0 fully saturated rings. The second-order valence-electron chi connectivity index (χ2n) is 8.55. The average Bonchev–Trinajstić information content (AvgIpc) is 3.61. The van der Waals surface area contributed by atoms with Gasteiger partial charge < -0.3 is 20.1 Å². The summed E-state index contributed by atoms with van der Waals surface area (Å²) in [5, 5.41) is 38.3. The first-order valence-corrected chi connectivity index (χ1v) is 16.6. The Kier molecular flexibility index (Phi) is 12.2. The Hall–Kier alpha value is -2.34. The molecule has 4 aromatic heterocycles. The van der Waals surface area contributed by atoms with Crippen molar-refractivity contribution in [2.75, 3.05) is 7.11 Å². The Morgan fingerprint density at radius 3 is 1.70 bits per heavy atom. The fourth-order valence-corrected chi connectivity index (χ4v) is 4.88. The lowest BCUT2D eigenvalue weighted by Crippen LogP contribution is -2.01. The van der Waals surface area contributed by atoms with E-state index in [4.69, 9.17) is 9.84 Å². The van der Waals surface area contributed by atoms with Gasteiger partial charge in [-0.1, -0.05) is 44.0 Å². The Bertz CT molecular complexity index is 1850. The van der Waals surface area contributed by atoms with Gasteiger partial charge in [0.2, 0.25) is 0 Å². The van der Waals surface area contributed by atoms with Crippen molar-refractivity contribution >= 4 is 104 Å². The predicted molar refractivity (Wildman–Crippen MR) is 186 cm³/mol. The smallest absolute Gasteiger partial charge is 0.369 e. The third kappa shape index (κ3) is 8.44. The van der Waals surface area contributed by atoms with Gasteiger partial charge in [0, 0.05) is 8.95 Å². The lowest BCUT2D eigenvalue weighted by atomic mass is 10.2. The minimum Gasteiger partial charge on any atom is -0.507 e. The molecule has 0 radical (unpaired) electrons. The summed E-state index contributed by atoms with van der Waals surface area (Å²) in [7, 11) is 1.63. The second kappa shape index (κ2) is 15.6. The van der Waals surface area contributed by atoms with E-state index < -0.39 is 0 Å². The molecule has 0 aliphatic rings. The summed E-state index contributed by atoms with van der Waals surface area (Å²) in [6, 6.07) is 18.1. The highest BCUT2D eigenvalue weighted by Crippen LogP contribution is 2.31. The molecule has 0 bridgehead atoms. The van der Waals surface area contributed by atoms with Gasteiger partial charge in [-0.05, 0) is 48.5 Å². The number of phenolic OH excluding ortho intramolecular Hbond substituents is 1. The van der Waals surface area contributed by atoms with Gasteiger partial charge in [0.25, 0.3) is 0 Å². The molecule has 0 aliphatic heterocycles. The van der Waals surface area contributed by atoms with Gasteiger partial charge in [-0.15, -0.1) is 47.3 Å². The molecular weight excluding hydrogens is 883 g/mol. The van der Waals surface area contributed by atoms with Crippen LogP contribution in [-0.2, 0) is 13.2 Å². The van der Waals surface area contributed by atoms with Crippen LogP contribution in [0, 0.1) is 0 Å². The van der Waals surface area contributed by atoms with Crippen molar-refractivity contribution in [3.63, 3.8) is 0 Å². The van der Waals surface area contributed by atoms with Crippen LogP contribution >= 0.6 is 79.1 Å². The monoisotopic (exact) mass is 900 g/mol. The second-order valence-corrected chi connectivity index (χ2v) is 16.8. The van der Waals surface area contributed by atoms with Gasteiger partial charge in [0.1, 0.15) is 11.5 Å².